The molecule has 7 nitrogen and oxygen atoms in total. The van der Waals surface area contributed by atoms with Gasteiger partial charge in [-0.25, -0.2) is 4.79 Å². The summed E-state index contributed by atoms with van der Waals surface area (Å²) >= 11 is 5.80. The van der Waals surface area contributed by atoms with Gasteiger partial charge in [0.25, 0.3) is 0 Å². The summed E-state index contributed by atoms with van der Waals surface area (Å²) < 4.78 is 6.33. The van der Waals surface area contributed by atoms with Crippen molar-refractivity contribution in [1.82, 2.24) is 0 Å². The molecule has 0 saturated carbocycles. The van der Waals surface area contributed by atoms with Gasteiger partial charge in [-0.1, -0.05) is 6.92 Å². The lowest BCUT2D eigenvalue weighted by Crippen LogP contribution is -2.20. The average Bonchev–Trinajstić information content (AvgIpc) is 2.48. The molecule has 25 heavy (non-hydrogen) atoms. The number of nitrogens with one attached hydrogen (secondary N) is 2. The van der Waals surface area contributed by atoms with Gasteiger partial charge in [0.2, 0.25) is 11.8 Å². The third kappa shape index (κ3) is 6.01. The Labute approximate surface area is 185 Å². The SMILES string of the molecule is CCCC(=O)OC(=O)c1c(I)c(NC(C)=O)c(I)c(NC(C)=O)c1I. The molecular weight excluding hydrogens is 669 g/mol. The Hall–Kier alpha value is -0.510. The van der Waals surface area contributed by atoms with Crippen LogP contribution in [0.25, 0.3) is 0 Å². The lowest BCUT2D eigenvalue weighted by molar-refractivity contribution is -0.138. The Balaban J connectivity index is 3.53. The van der Waals surface area contributed by atoms with Crippen molar-refractivity contribution in [3.63, 3.8) is 0 Å². The van der Waals surface area contributed by atoms with E-state index in [1.54, 1.807) is 6.92 Å². The van der Waals surface area contributed by atoms with Gasteiger partial charge in [0.15, 0.2) is 0 Å². The fourth-order valence-corrected chi connectivity index (χ4v) is 5.97. The van der Waals surface area contributed by atoms with Crippen LogP contribution in [0.2, 0.25) is 0 Å². The second kappa shape index (κ2) is 9.99. The van der Waals surface area contributed by atoms with Crippen molar-refractivity contribution in [1.29, 1.82) is 0 Å². The predicted molar refractivity (Wildman–Crippen MR) is 119 cm³/mol. The highest BCUT2D eigenvalue weighted by Gasteiger charge is 2.27. The number of anilines is 2. The van der Waals surface area contributed by atoms with Crippen LogP contribution in [-0.2, 0) is 19.1 Å². The van der Waals surface area contributed by atoms with Crippen molar-refractivity contribution < 1.29 is 23.9 Å². The van der Waals surface area contributed by atoms with Crippen LogP contribution in [0.3, 0.4) is 0 Å². The molecule has 136 valence electrons. The number of amides is 2. The van der Waals surface area contributed by atoms with Crippen molar-refractivity contribution >= 4 is 103 Å². The molecule has 2 amide bonds. The topological polar surface area (TPSA) is 102 Å². The van der Waals surface area contributed by atoms with E-state index in [-0.39, 0.29) is 23.8 Å². The van der Waals surface area contributed by atoms with E-state index in [1.807, 2.05) is 67.8 Å². The zero-order valence-electron chi connectivity index (χ0n) is 13.6. The third-order valence-corrected chi connectivity index (χ3v) is 6.02. The number of halogens is 3. The predicted octanol–water partition coefficient (Wildman–Crippen LogP) is 3.90. The molecule has 0 radical (unpaired) electrons. The second-order valence-electron chi connectivity index (χ2n) is 4.94. The van der Waals surface area contributed by atoms with E-state index in [4.69, 9.17) is 4.74 Å². The number of hydrogen-bond acceptors (Lipinski definition) is 5. The molecule has 2 N–H and O–H groups in total. The lowest BCUT2D eigenvalue weighted by atomic mass is 10.1. The summed E-state index contributed by atoms with van der Waals surface area (Å²) in [7, 11) is 0. The van der Waals surface area contributed by atoms with Crippen LogP contribution >= 0.6 is 67.8 Å². The molecule has 0 fully saturated rings. The highest BCUT2D eigenvalue weighted by atomic mass is 127. The molecule has 10 heteroatoms. The van der Waals surface area contributed by atoms with Gasteiger partial charge in [-0.15, -0.1) is 0 Å². The first-order valence-corrected chi connectivity index (χ1v) is 10.3. The minimum Gasteiger partial charge on any atom is -0.389 e. The number of esters is 2. The summed E-state index contributed by atoms with van der Waals surface area (Å²) in [4.78, 5) is 47.1. The number of benzene rings is 1. The van der Waals surface area contributed by atoms with E-state index in [2.05, 4.69) is 10.6 Å². The van der Waals surface area contributed by atoms with E-state index < -0.39 is 11.9 Å². The second-order valence-corrected chi connectivity index (χ2v) is 8.18. The van der Waals surface area contributed by atoms with E-state index in [1.165, 1.54) is 13.8 Å². The summed E-state index contributed by atoms with van der Waals surface area (Å²) in [6.07, 6.45) is 0.682. The minimum absolute atomic E-state index is 0.124. The molecule has 0 bridgehead atoms. The molecule has 0 unspecified atom stereocenters. The van der Waals surface area contributed by atoms with Crippen LogP contribution in [0.5, 0.6) is 0 Å². The van der Waals surface area contributed by atoms with Crippen molar-refractivity contribution in [3.05, 3.63) is 16.3 Å². The zero-order valence-corrected chi connectivity index (χ0v) is 20.1. The maximum atomic E-state index is 12.5. The molecule has 0 heterocycles. The number of ether oxygens (including phenoxy) is 1. The molecule has 0 atom stereocenters. The van der Waals surface area contributed by atoms with Crippen LogP contribution in [-0.4, -0.2) is 23.8 Å². The monoisotopic (exact) mass is 684 g/mol. The number of hydrogen-bond donors (Lipinski definition) is 2. The smallest absolute Gasteiger partial charge is 0.348 e. The van der Waals surface area contributed by atoms with Crippen LogP contribution in [0.15, 0.2) is 0 Å². The largest absolute Gasteiger partial charge is 0.389 e. The molecule has 0 saturated heterocycles. The van der Waals surface area contributed by atoms with Gasteiger partial charge in [-0.3, -0.25) is 14.4 Å². The van der Waals surface area contributed by atoms with E-state index in [0.717, 1.165) is 0 Å². The Bertz CT molecular complexity index is 706. The van der Waals surface area contributed by atoms with Crippen LogP contribution < -0.4 is 10.6 Å². The Morgan fingerprint density at radius 1 is 0.880 bits per heavy atom. The van der Waals surface area contributed by atoms with Crippen molar-refractivity contribution in [2.45, 2.75) is 33.6 Å². The highest BCUT2D eigenvalue weighted by Crippen LogP contribution is 2.39. The van der Waals surface area contributed by atoms with Crippen molar-refractivity contribution in [2.24, 2.45) is 0 Å². The van der Waals surface area contributed by atoms with Gasteiger partial charge >= 0.3 is 11.9 Å². The molecule has 0 aliphatic carbocycles. The summed E-state index contributed by atoms with van der Waals surface area (Å²) in [5.74, 6) is -2.10. The van der Waals surface area contributed by atoms with Gasteiger partial charge in [-0.2, -0.15) is 0 Å². The van der Waals surface area contributed by atoms with Gasteiger partial charge in [0, 0.05) is 20.3 Å². The molecule has 0 aromatic heterocycles. The standard InChI is InChI=1S/C15H15I3N2O5/c1-4-5-8(23)25-15(24)9-10(16)13(19-6(2)21)12(18)14(11(9)17)20-7(3)22/h4-5H2,1-3H3,(H,19,21)(H,20,22). The molecule has 1 rings (SSSR count). The van der Waals surface area contributed by atoms with Crippen LogP contribution in [0.1, 0.15) is 44.0 Å². The molecular formula is C15H15I3N2O5. The van der Waals surface area contributed by atoms with E-state index in [0.29, 0.717) is 28.5 Å². The molecule has 1 aromatic carbocycles. The summed E-state index contributed by atoms with van der Waals surface area (Å²) in [6, 6.07) is 0. The molecule has 0 spiro atoms. The maximum absolute atomic E-state index is 12.5. The van der Waals surface area contributed by atoms with Gasteiger partial charge in [-0.05, 0) is 74.2 Å². The molecule has 1 aromatic rings. The van der Waals surface area contributed by atoms with Gasteiger partial charge in [0.05, 0.1) is 27.6 Å². The Morgan fingerprint density at radius 3 is 1.68 bits per heavy atom. The zero-order chi connectivity index (χ0) is 19.3. The summed E-state index contributed by atoms with van der Waals surface area (Å²) in [6.45, 7) is 4.48. The van der Waals surface area contributed by atoms with Crippen LogP contribution in [0, 0.1) is 10.7 Å². The quantitative estimate of drug-likeness (QED) is 0.279. The summed E-state index contributed by atoms with van der Waals surface area (Å²) in [5, 5.41) is 5.31. The van der Waals surface area contributed by atoms with Gasteiger partial charge in [0.1, 0.15) is 0 Å². The number of carbonyl (C=O) groups excluding carboxylic acids is 4. The van der Waals surface area contributed by atoms with Gasteiger partial charge < -0.3 is 15.4 Å². The normalized spacial score (nSPS) is 10.2. The fourth-order valence-electron chi connectivity index (χ4n) is 1.82. The van der Waals surface area contributed by atoms with Crippen molar-refractivity contribution in [2.75, 3.05) is 10.6 Å². The first kappa shape index (κ1) is 22.5. The first-order chi connectivity index (χ1) is 11.6. The van der Waals surface area contributed by atoms with E-state index >= 15 is 0 Å². The molecule has 0 aliphatic heterocycles. The lowest BCUT2D eigenvalue weighted by Gasteiger charge is -2.18. The van der Waals surface area contributed by atoms with Crippen molar-refractivity contribution in [3.8, 4) is 0 Å². The average molecular weight is 684 g/mol. The molecule has 0 aliphatic rings. The first-order valence-electron chi connectivity index (χ1n) is 7.10. The summed E-state index contributed by atoms with van der Waals surface area (Å²) in [5.41, 5.74) is 0.888. The number of carbonyl (C=O) groups is 4. The fraction of sp³-hybridized carbons (Fsp3) is 0.333. The Kier molecular flexibility index (Phi) is 9.00. The number of rotatable bonds is 5. The maximum Gasteiger partial charge on any atom is 0.348 e. The van der Waals surface area contributed by atoms with Crippen LogP contribution in [0.4, 0.5) is 11.4 Å². The van der Waals surface area contributed by atoms with E-state index in [9.17, 15) is 19.2 Å². The Morgan fingerprint density at radius 2 is 1.32 bits per heavy atom. The highest BCUT2D eigenvalue weighted by molar-refractivity contribution is 14.1. The third-order valence-electron chi connectivity index (χ3n) is 2.78. The minimum atomic E-state index is -0.818.